The van der Waals surface area contributed by atoms with Gasteiger partial charge in [-0.1, -0.05) is 25.1 Å². The number of para-hydroxylation sites is 1. The molecule has 0 aliphatic rings. The number of ether oxygens (including phenoxy) is 1. The molecular formula is C17H22N4O. The number of imidazole rings is 1. The first-order valence-corrected chi connectivity index (χ1v) is 7.71. The standard InChI is InChI=1S/C17H22N4O/c1-4-11(2)21-14(9-10-22-3)20-15-16(21)12-7-5-6-8-13(12)19-17(15)18/h5-8,11H,4,9-10H2,1-3H3,(H2,18,19). The molecule has 0 saturated carbocycles. The summed E-state index contributed by atoms with van der Waals surface area (Å²) in [6, 6.07) is 8.44. The molecule has 1 aromatic carbocycles. The van der Waals surface area contributed by atoms with Crippen LogP contribution < -0.4 is 5.73 Å². The molecule has 0 aliphatic heterocycles. The molecule has 0 fully saturated rings. The quantitative estimate of drug-likeness (QED) is 0.784. The van der Waals surface area contributed by atoms with Gasteiger partial charge in [0.15, 0.2) is 5.82 Å². The lowest BCUT2D eigenvalue weighted by molar-refractivity contribution is 0.199. The molecule has 3 aromatic rings. The summed E-state index contributed by atoms with van der Waals surface area (Å²) in [7, 11) is 1.71. The van der Waals surface area contributed by atoms with E-state index in [0.717, 1.165) is 40.6 Å². The van der Waals surface area contributed by atoms with Crippen LogP contribution in [0.5, 0.6) is 0 Å². The Kier molecular flexibility index (Phi) is 3.98. The van der Waals surface area contributed by atoms with Crippen molar-refractivity contribution in [2.24, 2.45) is 0 Å². The number of aromatic nitrogens is 3. The first kappa shape index (κ1) is 14.8. The zero-order valence-electron chi connectivity index (χ0n) is 13.3. The van der Waals surface area contributed by atoms with Crippen molar-refractivity contribution < 1.29 is 4.74 Å². The van der Waals surface area contributed by atoms with E-state index in [1.807, 2.05) is 18.2 Å². The first-order valence-electron chi connectivity index (χ1n) is 7.71. The highest BCUT2D eigenvalue weighted by Gasteiger charge is 2.19. The second-order valence-corrected chi connectivity index (χ2v) is 5.61. The van der Waals surface area contributed by atoms with Gasteiger partial charge in [-0.2, -0.15) is 0 Å². The Morgan fingerprint density at radius 2 is 2.05 bits per heavy atom. The third-order valence-electron chi connectivity index (χ3n) is 4.19. The molecule has 0 bridgehead atoms. The van der Waals surface area contributed by atoms with Gasteiger partial charge in [0.25, 0.3) is 0 Å². The van der Waals surface area contributed by atoms with Crippen LogP contribution in [0.3, 0.4) is 0 Å². The van der Waals surface area contributed by atoms with Gasteiger partial charge in [-0.05, 0) is 19.4 Å². The van der Waals surface area contributed by atoms with Crippen molar-refractivity contribution in [2.75, 3.05) is 19.5 Å². The lowest BCUT2D eigenvalue weighted by atomic mass is 10.1. The maximum absolute atomic E-state index is 6.16. The van der Waals surface area contributed by atoms with Crippen LogP contribution in [0.2, 0.25) is 0 Å². The topological polar surface area (TPSA) is 66.0 Å². The van der Waals surface area contributed by atoms with Crippen LogP contribution in [-0.2, 0) is 11.2 Å². The fourth-order valence-electron chi connectivity index (χ4n) is 2.90. The molecule has 2 heterocycles. The van der Waals surface area contributed by atoms with E-state index in [1.165, 1.54) is 0 Å². The summed E-state index contributed by atoms with van der Waals surface area (Å²) in [6.07, 6.45) is 1.80. The molecule has 3 rings (SSSR count). The fourth-order valence-corrected chi connectivity index (χ4v) is 2.90. The van der Waals surface area contributed by atoms with Crippen LogP contribution in [0.1, 0.15) is 32.1 Å². The summed E-state index contributed by atoms with van der Waals surface area (Å²) < 4.78 is 7.53. The van der Waals surface area contributed by atoms with Crippen LogP contribution in [0, 0.1) is 0 Å². The van der Waals surface area contributed by atoms with Crippen molar-refractivity contribution in [3.05, 3.63) is 30.1 Å². The van der Waals surface area contributed by atoms with E-state index in [1.54, 1.807) is 7.11 Å². The number of nitrogens with zero attached hydrogens (tertiary/aromatic N) is 3. The molecule has 22 heavy (non-hydrogen) atoms. The second kappa shape index (κ2) is 5.93. The molecule has 5 heteroatoms. The molecule has 1 unspecified atom stereocenters. The summed E-state index contributed by atoms with van der Waals surface area (Å²) >= 11 is 0. The van der Waals surface area contributed by atoms with Crippen molar-refractivity contribution in [1.29, 1.82) is 0 Å². The predicted molar refractivity (Wildman–Crippen MR) is 90.0 cm³/mol. The number of pyridine rings is 1. The van der Waals surface area contributed by atoms with Gasteiger partial charge < -0.3 is 15.0 Å². The Morgan fingerprint density at radius 1 is 1.27 bits per heavy atom. The van der Waals surface area contributed by atoms with Crippen LogP contribution >= 0.6 is 0 Å². The fraction of sp³-hybridized carbons (Fsp3) is 0.412. The van der Waals surface area contributed by atoms with Gasteiger partial charge in [0, 0.05) is 25.0 Å². The van der Waals surface area contributed by atoms with E-state index >= 15 is 0 Å². The smallest absolute Gasteiger partial charge is 0.152 e. The van der Waals surface area contributed by atoms with E-state index < -0.39 is 0 Å². The van der Waals surface area contributed by atoms with E-state index in [4.69, 9.17) is 15.5 Å². The minimum Gasteiger partial charge on any atom is -0.384 e. The molecule has 116 valence electrons. The van der Waals surface area contributed by atoms with Crippen LogP contribution in [-0.4, -0.2) is 28.3 Å². The van der Waals surface area contributed by atoms with Gasteiger partial charge in [-0.25, -0.2) is 9.97 Å². The molecule has 0 spiro atoms. The summed E-state index contributed by atoms with van der Waals surface area (Å²) in [5.74, 6) is 1.51. The Bertz CT molecular complexity index is 809. The lowest BCUT2D eigenvalue weighted by Gasteiger charge is -2.16. The number of methoxy groups -OCH3 is 1. The average molecular weight is 298 g/mol. The minimum atomic E-state index is 0.349. The Morgan fingerprint density at radius 3 is 2.77 bits per heavy atom. The molecule has 0 saturated heterocycles. The van der Waals surface area contributed by atoms with Crippen LogP contribution in [0.15, 0.2) is 24.3 Å². The summed E-state index contributed by atoms with van der Waals surface area (Å²) in [5, 5.41) is 1.10. The maximum Gasteiger partial charge on any atom is 0.152 e. The highest BCUT2D eigenvalue weighted by atomic mass is 16.5. The van der Waals surface area contributed by atoms with Crippen molar-refractivity contribution in [1.82, 2.24) is 14.5 Å². The number of nitrogen functional groups attached to an aromatic ring is 1. The molecule has 2 N–H and O–H groups in total. The van der Waals surface area contributed by atoms with E-state index in [2.05, 4.69) is 29.5 Å². The number of fused-ring (bicyclic) bond motifs is 3. The van der Waals surface area contributed by atoms with Crippen LogP contribution in [0.4, 0.5) is 5.82 Å². The van der Waals surface area contributed by atoms with Crippen molar-refractivity contribution in [2.45, 2.75) is 32.7 Å². The Hall–Kier alpha value is -2.14. The number of hydrogen-bond donors (Lipinski definition) is 1. The number of rotatable bonds is 5. The van der Waals surface area contributed by atoms with Gasteiger partial charge in [-0.15, -0.1) is 0 Å². The van der Waals surface area contributed by atoms with Gasteiger partial charge in [0.1, 0.15) is 11.3 Å². The number of benzene rings is 1. The highest BCUT2D eigenvalue weighted by Crippen LogP contribution is 2.31. The third kappa shape index (κ3) is 2.31. The molecule has 0 radical (unpaired) electrons. The average Bonchev–Trinajstić information content (AvgIpc) is 2.92. The van der Waals surface area contributed by atoms with E-state index in [0.29, 0.717) is 18.5 Å². The zero-order valence-corrected chi connectivity index (χ0v) is 13.3. The monoisotopic (exact) mass is 298 g/mol. The normalized spacial score (nSPS) is 13.0. The van der Waals surface area contributed by atoms with Crippen molar-refractivity contribution in [3.8, 4) is 0 Å². The van der Waals surface area contributed by atoms with Crippen LogP contribution in [0.25, 0.3) is 21.9 Å². The van der Waals surface area contributed by atoms with E-state index in [-0.39, 0.29) is 0 Å². The number of anilines is 1. The predicted octanol–water partition coefficient (Wildman–Crippen LogP) is 3.33. The van der Waals surface area contributed by atoms with E-state index in [9.17, 15) is 0 Å². The minimum absolute atomic E-state index is 0.349. The summed E-state index contributed by atoms with van der Waals surface area (Å²) in [6.45, 7) is 5.04. The Labute approximate surface area is 130 Å². The largest absolute Gasteiger partial charge is 0.384 e. The summed E-state index contributed by atoms with van der Waals surface area (Å²) in [4.78, 5) is 9.26. The van der Waals surface area contributed by atoms with Gasteiger partial charge in [0.05, 0.1) is 17.6 Å². The van der Waals surface area contributed by atoms with Gasteiger partial charge in [0.2, 0.25) is 0 Å². The molecule has 1 atom stereocenters. The third-order valence-corrected chi connectivity index (χ3v) is 4.19. The molecular weight excluding hydrogens is 276 g/mol. The molecule has 0 aliphatic carbocycles. The second-order valence-electron chi connectivity index (χ2n) is 5.61. The molecule has 2 aromatic heterocycles. The molecule has 0 amide bonds. The number of hydrogen-bond acceptors (Lipinski definition) is 4. The van der Waals surface area contributed by atoms with Crippen molar-refractivity contribution in [3.63, 3.8) is 0 Å². The number of nitrogens with two attached hydrogens (primary N) is 1. The maximum atomic E-state index is 6.16. The van der Waals surface area contributed by atoms with Gasteiger partial charge >= 0.3 is 0 Å². The lowest BCUT2D eigenvalue weighted by Crippen LogP contribution is -2.10. The molecule has 5 nitrogen and oxygen atoms in total. The zero-order chi connectivity index (χ0) is 15.7. The first-order chi connectivity index (χ1) is 10.7. The SMILES string of the molecule is CCC(C)n1c(CCOC)nc2c(N)nc3ccccc3c21. The summed E-state index contributed by atoms with van der Waals surface area (Å²) in [5.41, 5.74) is 8.95. The Balaban J connectivity index is 2.37. The van der Waals surface area contributed by atoms with Gasteiger partial charge in [-0.3, -0.25) is 0 Å². The van der Waals surface area contributed by atoms with Crippen molar-refractivity contribution >= 4 is 27.8 Å². The highest BCUT2D eigenvalue weighted by molar-refractivity contribution is 6.06.